The molecule has 0 bridgehead atoms. The van der Waals surface area contributed by atoms with Crippen LogP contribution in [0.15, 0.2) is 46.7 Å². The van der Waals surface area contributed by atoms with Crippen molar-refractivity contribution in [3.05, 3.63) is 53.6 Å². The van der Waals surface area contributed by atoms with Gasteiger partial charge in [-0.15, -0.1) is 0 Å². The van der Waals surface area contributed by atoms with Crippen molar-refractivity contribution in [2.75, 3.05) is 14.2 Å². The Hall–Kier alpha value is -3.22. The summed E-state index contributed by atoms with van der Waals surface area (Å²) in [4.78, 5) is 25.4. The number of carbonyl (C=O) groups excluding carboxylic acids is 2. The van der Waals surface area contributed by atoms with E-state index in [0.29, 0.717) is 22.8 Å². The molecule has 0 saturated carbocycles. The highest BCUT2D eigenvalue weighted by Gasteiger charge is 2.18. The molecule has 28 heavy (non-hydrogen) atoms. The number of ether oxygens (including phenoxy) is 2. The van der Waals surface area contributed by atoms with Gasteiger partial charge in [0.05, 0.1) is 20.5 Å². The first-order chi connectivity index (χ1) is 13.5. The molecule has 1 aromatic carbocycles. The predicted octanol–water partition coefficient (Wildman–Crippen LogP) is 3.37. The van der Waals surface area contributed by atoms with E-state index in [1.54, 1.807) is 30.3 Å². The highest BCUT2D eigenvalue weighted by molar-refractivity contribution is 6.05. The third-order valence-corrected chi connectivity index (χ3v) is 4.07. The molecule has 2 rings (SSSR count). The molecule has 150 valence electrons. The van der Waals surface area contributed by atoms with Gasteiger partial charge in [-0.1, -0.05) is 13.3 Å². The van der Waals surface area contributed by atoms with E-state index < -0.39 is 5.91 Å². The van der Waals surface area contributed by atoms with Crippen LogP contribution in [0.1, 0.15) is 42.8 Å². The molecule has 0 aliphatic rings. The highest BCUT2D eigenvalue weighted by atomic mass is 16.5. The molecule has 0 spiro atoms. The van der Waals surface area contributed by atoms with Gasteiger partial charge in [-0.2, -0.15) is 0 Å². The quantitative estimate of drug-likeness (QED) is 0.645. The maximum atomic E-state index is 12.7. The molecule has 7 heteroatoms. The van der Waals surface area contributed by atoms with E-state index in [1.165, 1.54) is 26.6 Å². The molecule has 2 aromatic rings. The Morgan fingerprint density at radius 3 is 2.54 bits per heavy atom. The van der Waals surface area contributed by atoms with Crippen molar-refractivity contribution in [1.29, 1.82) is 0 Å². The van der Waals surface area contributed by atoms with E-state index in [1.807, 2.05) is 13.8 Å². The number of carbonyl (C=O) groups is 2. The van der Waals surface area contributed by atoms with Crippen LogP contribution in [0.5, 0.6) is 11.5 Å². The number of methoxy groups -OCH3 is 2. The third kappa shape index (κ3) is 5.64. The highest BCUT2D eigenvalue weighted by Crippen LogP contribution is 2.27. The van der Waals surface area contributed by atoms with Gasteiger partial charge >= 0.3 is 0 Å². The summed E-state index contributed by atoms with van der Waals surface area (Å²) in [5, 5.41) is 5.54. The lowest BCUT2D eigenvalue weighted by Crippen LogP contribution is -2.39. The molecule has 2 amide bonds. The summed E-state index contributed by atoms with van der Waals surface area (Å²) in [7, 11) is 3.01. The lowest BCUT2D eigenvalue weighted by atomic mass is 10.1. The van der Waals surface area contributed by atoms with Gasteiger partial charge in [0.2, 0.25) is 0 Å². The second kappa shape index (κ2) is 10.2. The van der Waals surface area contributed by atoms with Gasteiger partial charge in [-0.05, 0) is 43.7 Å². The zero-order valence-corrected chi connectivity index (χ0v) is 16.6. The summed E-state index contributed by atoms with van der Waals surface area (Å²) in [6.07, 6.45) is 4.77. The summed E-state index contributed by atoms with van der Waals surface area (Å²) < 4.78 is 15.7. The molecule has 1 heterocycles. The first kappa shape index (κ1) is 21.1. The number of benzene rings is 1. The normalized spacial score (nSPS) is 12.2. The summed E-state index contributed by atoms with van der Waals surface area (Å²) >= 11 is 0. The first-order valence-electron chi connectivity index (χ1n) is 9.07. The monoisotopic (exact) mass is 386 g/mol. The molecule has 7 nitrogen and oxygen atoms in total. The van der Waals surface area contributed by atoms with Crippen molar-refractivity contribution in [3.63, 3.8) is 0 Å². The van der Waals surface area contributed by atoms with Gasteiger partial charge in [0, 0.05) is 17.7 Å². The number of nitrogens with one attached hydrogen (secondary N) is 2. The topological polar surface area (TPSA) is 89.8 Å². The molecular formula is C21H26N2O5. The van der Waals surface area contributed by atoms with Gasteiger partial charge in [0.1, 0.15) is 11.5 Å². The van der Waals surface area contributed by atoms with Gasteiger partial charge in [-0.3, -0.25) is 9.59 Å². The van der Waals surface area contributed by atoms with Crippen LogP contribution < -0.4 is 20.1 Å². The van der Waals surface area contributed by atoms with Crippen LogP contribution >= 0.6 is 0 Å². The van der Waals surface area contributed by atoms with Crippen molar-refractivity contribution in [2.24, 2.45) is 0 Å². The molecule has 1 unspecified atom stereocenters. The van der Waals surface area contributed by atoms with Gasteiger partial charge < -0.3 is 24.5 Å². The third-order valence-electron chi connectivity index (χ3n) is 4.07. The van der Waals surface area contributed by atoms with Crippen LogP contribution in [0.25, 0.3) is 6.08 Å². The summed E-state index contributed by atoms with van der Waals surface area (Å²) in [5.74, 6) is 0.563. The van der Waals surface area contributed by atoms with Crippen LogP contribution in [-0.2, 0) is 4.79 Å². The SMILES string of the molecule is CCCC(C)NC(=O)/C(=C/c1ccco1)NC(=O)c1ccc(OC)c(OC)c1. The van der Waals surface area contributed by atoms with Crippen molar-refractivity contribution in [3.8, 4) is 11.5 Å². The van der Waals surface area contributed by atoms with Gasteiger partial charge in [-0.25, -0.2) is 0 Å². The minimum Gasteiger partial charge on any atom is -0.493 e. The number of hydrogen-bond donors (Lipinski definition) is 2. The van der Waals surface area contributed by atoms with E-state index in [4.69, 9.17) is 13.9 Å². The maximum Gasteiger partial charge on any atom is 0.268 e. The van der Waals surface area contributed by atoms with Gasteiger partial charge in [0.25, 0.3) is 11.8 Å². The van der Waals surface area contributed by atoms with E-state index in [2.05, 4.69) is 10.6 Å². The van der Waals surface area contributed by atoms with E-state index in [0.717, 1.165) is 12.8 Å². The second-order valence-electron chi connectivity index (χ2n) is 6.26. The number of rotatable bonds is 9. The molecule has 0 radical (unpaired) electrons. The fraction of sp³-hybridized carbons (Fsp3) is 0.333. The lowest BCUT2D eigenvalue weighted by Gasteiger charge is -2.16. The summed E-state index contributed by atoms with van der Waals surface area (Å²) in [6, 6.07) is 8.17. The zero-order chi connectivity index (χ0) is 20.5. The standard InChI is InChI=1S/C21H26N2O5/c1-5-7-14(2)22-21(25)17(13-16-8-6-11-28-16)23-20(24)15-9-10-18(26-3)19(12-15)27-4/h6,8-14H,5,7H2,1-4H3,(H,22,25)(H,23,24)/b17-13-. The van der Waals surface area contributed by atoms with Crippen molar-refractivity contribution < 1.29 is 23.5 Å². The van der Waals surface area contributed by atoms with E-state index in [9.17, 15) is 9.59 Å². The average molecular weight is 386 g/mol. The average Bonchev–Trinajstić information content (AvgIpc) is 3.20. The Morgan fingerprint density at radius 2 is 1.93 bits per heavy atom. The van der Waals surface area contributed by atoms with Crippen LogP contribution in [-0.4, -0.2) is 32.1 Å². The fourth-order valence-electron chi connectivity index (χ4n) is 2.65. The molecule has 0 saturated heterocycles. The van der Waals surface area contributed by atoms with Crippen molar-refractivity contribution in [2.45, 2.75) is 32.7 Å². The zero-order valence-electron chi connectivity index (χ0n) is 16.6. The Balaban J connectivity index is 2.24. The predicted molar refractivity (Wildman–Crippen MR) is 106 cm³/mol. The summed E-state index contributed by atoms with van der Waals surface area (Å²) in [5.41, 5.74) is 0.426. The molecule has 0 fully saturated rings. The molecule has 1 aromatic heterocycles. The maximum absolute atomic E-state index is 12.7. The largest absolute Gasteiger partial charge is 0.493 e. The molecule has 1 atom stereocenters. The molecule has 2 N–H and O–H groups in total. The number of hydrogen-bond acceptors (Lipinski definition) is 5. The Bertz CT molecular complexity index is 827. The smallest absolute Gasteiger partial charge is 0.268 e. The fourth-order valence-corrected chi connectivity index (χ4v) is 2.65. The minimum atomic E-state index is -0.447. The van der Waals surface area contributed by atoms with Crippen LogP contribution in [0.2, 0.25) is 0 Å². The molecular weight excluding hydrogens is 360 g/mol. The summed E-state index contributed by atoms with van der Waals surface area (Å²) in [6.45, 7) is 3.96. The Labute approximate surface area is 164 Å². The van der Waals surface area contributed by atoms with Crippen molar-refractivity contribution in [1.82, 2.24) is 10.6 Å². The minimum absolute atomic E-state index is 0.0181. The molecule has 0 aliphatic heterocycles. The first-order valence-corrected chi connectivity index (χ1v) is 9.07. The van der Waals surface area contributed by atoms with Gasteiger partial charge in [0.15, 0.2) is 11.5 Å². The van der Waals surface area contributed by atoms with E-state index >= 15 is 0 Å². The number of furan rings is 1. The van der Waals surface area contributed by atoms with Crippen molar-refractivity contribution >= 4 is 17.9 Å². The van der Waals surface area contributed by atoms with E-state index in [-0.39, 0.29) is 17.6 Å². The Kier molecular flexibility index (Phi) is 7.68. The Morgan fingerprint density at radius 1 is 1.18 bits per heavy atom. The number of amides is 2. The van der Waals surface area contributed by atoms with Crippen LogP contribution in [0.4, 0.5) is 0 Å². The second-order valence-corrected chi connectivity index (χ2v) is 6.26. The lowest BCUT2D eigenvalue weighted by molar-refractivity contribution is -0.118. The molecule has 0 aliphatic carbocycles. The van der Waals surface area contributed by atoms with Crippen LogP contribution in [0, 0.1) is 0 Å². The van der Waals surface area contributed by atoms with Crippen LogP contribution in [0.3, 0.4) is 0 Å².